The minimum atomic E-state index is -0.859. The third-order valence-electron chi connectivity index (χ3n) is 11.0. The van der Waals surface area contributed by atoms with Crippen molar-refractivity contribution in [2.75, 3.05) is 13.2 Å². The first-order chi connectivity index (χ1) is 35.0. The first-order valence-corrected chi connectivity index (χ1v) is 28.0. The van der Waals surface area contributed by atoms with Gasteiger partial charge in [-0.05, 0) is 122 Å². The molecular weight excluding hydrogens is 877 g/mol. The molecule has 0 aromatic carbocycles. The molecule has 0 aromatic heterocycles. The molecule has 0 N–H and O–H groups in total. The lowest BCUT2D eigenvalue weighted by Crippen LogP contribution is -2.30. The molecule has 0 aliphatic carbocycles. The van der Waals surface area contributed by atoms with Crippen molar-refractivity contribution in [1.29, 1.82) is 0 Å². The molecule has 0 bridgehead atoms. The first-order valence-electron chi connectivity index (χ1n) is 28.0. The van der Waals surface area contributed by atoms with Crippen LogP contribution in [0.25, 0.3) is 0 Å². The highest BCUT2D eigenvalue weighted by atomic mass is 16.6. The van der Waals surface area contributed by atoms with Gasteiger partial charge in [-0.2, -0.15) is 0 Å². The summed E-state index contributed by atoms with van der Waals surface area (Å²) >= 11 is 0. The van der Waals surface area contributed by atoms with E-state index < -0.39 is 12.1 Å². The van der Waals surface area contributed by atoms with Gasteiger partial charge in [0.1, 0.15) is 13.2 Å². The van der Waals surface area contributed by atoms with Gasteiger partial charge in [0, 0.05) is 19.3 Å². The largest absolute Gasteiger partial charge is 0.462 e. The van der Waals surface area contributed by atoms with Gasteiger partial charge in [-0.25, -0.2) is 0 Å². The predicted molar refractivity (Wildman–Crippen MR) is 306 cm³/mol. The number of carbonyl (C=O) groups is 3. The van der Waals surface area contributed by atoms with E-state index in [1.54, 1.807) is 0 Å². The molecule has 6 nitrogen and oxygen atoms in total. The number of ether oxygens (including phenoxy) is 3. The Morgan fingerprint density at radius 2 is 0.577 bits per heavy atom. The van der Waals surface area contributed by atoms with Gasteiger partial charge in [0.15, 0.2) is 6.10 Å². The van der Waals surface area contributed by atoms with Crippen molar-refractivity contribution in [3.8, 4) is 0 Å². The van der Waals surface area contributed by atoms with Crippen LogP contribution < -0.4 is 0 Å². The summed E-state index contributed by atoms with van der Waals surface area (Å²) in [6, 6.07) is 0. The lowest BCUT2D eigenvalue weighted by atomic mass is 10.1. The molecule has 0 heterocycles. The third-order valence-corrected chi connectivity index (χ3v) is 11.0. The fourth-order valence-corrected chi connectivity index (χ4v) is 6.90. The zero-order valence-electron chi connectivity index (χ0n) is 45.2. The maximum absolute atomic E-state index is 12.8. The SMILES string of the molecule is CC/C=C/C/C=C/C/C=C/C/C=C/C/C=C/C/C=C/CCC(=O)OC[C@@H](COC(=O)CCCCCCCCC/C=C/CCCCCC)OC(=O)CC/C=C/C/C=C/C/C=C/C/C=C/C/C=C/C/C=C/CC. The minimum Gasteiger partial charge on any atom is -0.462 e. The summed E-state index contributed by atoms with van der Waals surface area (Å²) in [5.41, 5.74) is 0. The average molecular weight is 978 g/mol. The zero-order valence-corrected chi connectivity index (χ0v) is 45.2. The summed E-state index contributed by atoms with van der Waals surface area (Å²) in [6.45, 7) is 6.25. The third kappa shape index (κ3) is 55.8. The molecular formula is C65H100O6. The van der Waals surface area contributed by atoms with Gasteiger partial charge in [0.2, 0.25) is 0 Å². The Kier molecular flexibility index (Phi) is 53.6. The Hall–Kier alpha value is -4.97. The Morgan fingerprint density at radius 3 is 0.944 bits per heavy atom. The van der Waals surface area contributed by atoms with Crippen molar-refractivity contribution < 1.29 is 28.6 Å². The quantitative estimate of drug-likeness (QED) is 0.0262. The van der Waals surface area contributed by atoms with Gasteiger partial charge in [-0.3, -0.25) is 14.4 Å². The van der Waals surface area contributed by atoms with E-state index in [0.29, 0.717) is 19.3 Å². The van der Waals surface area contributed by atoms with E-state index in [1.165, 1.54) is 64.2 Å². The topological polar surface area (TPSA) is 78.9 Å². The van der Waals surface area contributed by atoms with Crippen LogP contribution in [0.15, 0.2) is 158 Å². The second kappa shape index (κ2) is 57.6. The normalized spacial score (nSPS) is 13.3. The van der Waals surface area contributed by atoms with Crippen molar-refractivity contribution >= 4 is 17.9 Å². The standard InChI is InChI=1S/C65H100O6/c1-4-7-10-13-16-19-22-25-28-30-32-34-37-40-43-46-49-52-55-58-64(67)70-61-62(60-69-63(66)57-54-51-48-45-42-39-36-27-24-21-18-15-12-9-6-3)71-65(68)59-56-53-50-47-44-41-38-35-33-31-29-26-23-20-17-14-11-8-5-2/h7-8,10-11,16-17,19-21,24-26,28-29,32-35,40-41,43-44,49-50,52-53,62H,4-6,9,12-15,18,22-23,27,30-31,36-39,42,45-48,51,54-61H2,1-3H3/b10-7+,11-8+,19-16+,20-17+,24-21+,28-25+,29-26+,34-32+,35-33+,43-40+,44-41+,52-49+,53-50+/t62-/m1/s1. The molecule has 0 fully saturated rings. The molecule has 396 valence electrons. The Morgan fingerprint density at radius 1 is 0.296 bits per heavy atom. The van der Waals surface area contributed by atoms with Gasteiger partial charge in [-0.15, -0.1) is 0 Å². The molecule has 6 heteroatoms. The summed E-state index contributed by atoms with van der Waals surface area (Å²) in [7, 11) is 0. The van der Waals surface area contributed by atoms with E-state index in [1.807, 2.05) is 24.3 Å². The molecule has 0 aromatic rings. The van der Waals surface area contributed by atoms with Crippen LogP contribution in [-0.4, -0.2) is 37.2 Å². The van der Waals surface area contributed by atoms with Crippen LogP contribution in [0.5, 0.6) is 0 Å². The first kappa shape index (κ1) is 66.0. The van der Waals surface area contributed by atoms with E-state index in [0.717, 1.165) is 96.3 Å². The number of rotatable bonds is 48. The molecule has 0 aliphatic rings. The van der Waals surface area contributed by atoms with Gasteiger partial charge in [0.05, 0.1) is 0 Å². The summed E-state index contributed by atoms with van der Waals surface area (Å²) in [5.74, 6) is -1.13. The van der Waals surface area contributed by atoms with Crippen LogP contribution in [0.4, 0.5) is 0 Å². The van der Waals surface area contributed by atoms with Crippen LogP contribution in [0.2, 0.25) is 0 Å². The fourth-order valence-electron chi connectivity index (χ4n) is 6.90. The van der Waals surface area contributed by atoms with E-state index >= 15 is 0 Å². The minimum absolute atomic E-state index is 0.141. The Balaban J connectivity index is 4.66. The van der Waals surface area contributed by atoms with E-state index in [-0.39, 0.29) is 38.0 Å². The molecule has 1 atom stereocenters. The van der Waals surface area contributed by atoms with Crippen LogP contribution in [-0.2, 0) is 28.6 Å². The molecule has 71 heavy (non-hydrogen) atoms. The van der Waals surface area contributed by atoms with Gasteiger partial charge in [-0.1, -0.05) is 230 Å². The molecule has 0 spiro atoms. The van der Waals surface area contributed by atoms with Crippen LogP contribution >= 0.6 is 0 Å². The number of hydrogen-bond donors (Lipinski definition) is 0. The number of hydrogen-bond acceptors (Lipinski definition) is 6. The molecule has 0 amide bonds. The lowest BCUT2D eigenvalue weighted by Gasteiger charge is -2.18. The summed E-state index contributed by atoms with van der Waals surface area (Å²) < 4.78 is 16.7. The molecule has 0 saturated heterocycles. The monoisotopic (exact) mass is 977 g/mol. The van der Waals surface area contributed by atoms with Crippen LogP contribution in [0, 0.1) is 0 Å². The van der Waals surface area contributed by atoms with Crippen molar-refractivity contribution in [3.63, 3.8) is 0 Å². The maximum atomic E-state index is 12.8. The second-order valence-electron chi connectivity index (χ2n) is 17.7. The molecule has 0 radical (unpaired) electrons. The smallest absolute Gasteiger partial charge is 0.306 e. The van der Waals surface area contributed by atoms with Gasteiger partial charge >= 0.3 is 17.9 Å². The van der Waals surface area contributed by atoms with Gasteiger partial charge < -0.3 is 14.2 Å². The van der Waals surface area contributed by atoms with E-state index in [2.05, 4.69) is 154 Å². The van der Waals surface area contributed by atoms with Crippen LogP contribution in [0.1, 0.15) is 213 Å². The van der Waals surface area contributed by atoms with Crippen molar-refractivity contribution in [2.45, 2.75) is 219 Å². The van der Waals surface area contributed by atoms with Crippen LogP contribution in [0.3, 0.4) is 0 Å². The summed E-state index contributed by atoms with van der Waals surface area (Å²) in [5, 5.41) is 0. The maximum Gasteiger partial charge on any atom is 0.306 e. The van der Waals surface area contributed by atoms with E-state index in [9.17, 15) is 14.4 Å². The number of allylic oxidation sites excluding steroid dienone is 26. The second-order valence-corrected chi connectivity index (χ2v) is 17.7. The molecule has 0 aliphatic heterocycles. The Bertz CT molecular complexity index is 1640. The predicted octanol–water partition coefficient (Wildman–Crippen LogP) is 19.0. The highest BCUT2D eigenvalue weighted by molar-refractivity contribution is 5.71. The number of carbonyl (C=O) groups excluding carboxylic acids is 3. The highest BCUT2D eigenvalue weighted by Gasteiger charge is 2.19. The molecule has 0 rings (SSSR count). The van der Waals surface area contributed by atoms with Crippen molar-refractivity contribution in [2.24, 2.45) is 0 Å². The zero-order chi connectivity index (χ0) is 51.4. The van der Waals surface area contributed by atoms with Crippen molar-refractivity contribution in [1.82, 2.24) is 0 Å². The summed E-state index contributed by atoms with van der Waals surface area (Å²) in [4.78, 5) is 38.1. The Labute approximate surface area is 435 Å². The highest BCUT2D eigenvalue weighted by Crippen LogP contribution is 2.12. The number of unbranched alkanes of at least 4 members (excludes halogenated alkanes) is 11. The molecule has 0 unspecified atom stereocenters. The lowest BCUT2D eigenvalue weighted by molar-refractivity contribution is -0.166. The molecule has 0 saturated carbocycles. The average Bonchev–Trinajstić information content (AvgIpc) is 3.37. The number of esters is 3. The van der Waals surface area contributed by atoms with E-state index in [4.69, 9.17) is 14.2 Å². The fraction of sp³-hybridized carbons (Fsp3) is 0.554. The summed E-state index contributed by atoms with van der Waals surface area (Å²) in [6.07, 6.45) is 83.9. The van der Waals surface area contributed by atoms with Gasteiger partial charge in [0.25, 0.3) is 0 Å². The van der Waals surface area contributed by atoms with Crippen molar-refractivity contribution in [3.05, 3.63) is 158 Å².